The topological polar surface area (TPSA) is 29.9 Å². The highest BCUT2D eigenvalue weighted by molar-refractivity contribution is 5.79. The van der Waals surface area contributed by atoms with Gasteiger partial charge < -0.3 is 9.88 Å². The van der Waals surface area contributed by atoms with Crippen LogP contribution in [0.3, 0.4) is 0 Å². The fourth-order valence-corrected chi connectivity index (χ4v) is 1.89. The van der Waals surface area contributed by atoms with Crippen LogP contribution in [-0.2, 0) is 12.5 Å². The molecular weight excluding hydrogens is 198 g/mol. The number of nitrogens with zero attached hydrogens (tertiary/aromatic N) is 2. The molecule has 0 unspecified atom stereocenters. The van der Waals surface area contributed by atoms with E-state index in [-0.39, 0.29) is 5.41 Å². The van der Waals surface area contributed by atoms with Crippen LogP contribution in [0.15, 0.2) is 18.2 Å². The molecule has 0 spiro atoms. The Labute approximate surface area is 96.5 Å². The molecule has 0 fully saturated rings. The van der Waals surface area contributed by atoms with Gasteiger partial charge >= 0.3 is 0 Å². The van der Waals surface area contributed by atoms with Gasteiger partial charge in [0, 0.05) is 14.1 Å². The lowest BCUT2D eigenvalue weighted by molar-refractivity contribution is 0.591. The van der Waals surface area contributed by atoms with Crippen molar-refractivity contribution in [3.05, 3.63) is 23.8 Å². The Balaban J connectivity index is 2.64. The van der Waals surface area contributed by atoms with Crippen molar-refractivity contribution in [1.29, 1.82) is 0 Å². The van der Waals surface area contributed by atoms with Crippen LogP contribution in [0.4, 0.5) is 5.95 Å². The van der Waals surface area contributed by atoms with Crippen molar-refractivity contribution in [3.8, 4) is 0 Å². The summed E-state index contributed by atoms with van der Waals surface area (Å²) in [6.07, 6.45) is 0. The Bertz CT molecular complexity index is 518. The lowest BCUT2D eigenvalue weighted by atomic mass is 9.87. The molecule has 2 aromatic rings. The molecule has 0 amide bonds. The Morgan fingerprint density at radius 1 is 1.25 bits per heavy atom. The van der Waals surface area contributed by atoms with Crippen LogP contribution >= 0.6 is 0 Å². The molecule has 16 heavy (non-hydrogen) atoms. The van der Waals surface area contributed by atoms with Gasteiger partial charge in [-0.1, -0.05) is 26.8 Å². The van der Waals surface area contributed by atoms with Gasteiger partial charge in [0.05, 0.1) is 11.0 Å². The van der Waals surface area contributed by atoms with Gasteiger partial charge in [0.1, 0.15) is 0 Å². The van der Waals surface area contributed by atoms with Crippen molar-refractivity contribution in [2.45, 2.75) is 26.2 Å². The first kappa shape index (κ1) is 11.0. The van der Waals surface area contributed by atoms with E-state index >= 15 is 0 Å². The Morgan fingerprint density at radius 3 is 2.50 bits per heavy atom. The largest absolute Gasteiger partial charge is 0.359 e. The fourth-order valence-electron chi connectivity index (χ4n) is 1.89. The van der Waals surface area contributed by atoms with E-state index in [1.54, 1.807) is 0 Å². The smallest absolute Gasteiger partial charge is 0.203 e. The minimum absolute atomic E-state index is 0.172. The molecule has 2 rings (SSSR count). The van der Waals surface area contributed by atoms with E-state index in [1.165, 1.54) is 5.56 Å². The summed E-state index contributed by atoms with van der Waals surface area (Å²) in [6.45, 7) is 6.66. The monoisotopic (exact) mass is 217 g/mol. The van der Waals surface area contributed by atoms with E-state index in [2.05, 4.69) is 53.8 Å². The highest BCUT2D eigenvalue weighted by atomic mass is 15.2. The molecule has 1 heterocycles. The van der Waals surface area contributed by atoms with Crippen LogP contribution in [0.25, 0.3) is 11.0 Å². The molecule has 0 aliphatic carbocycles. The van der Waals surface area contributed by atoms with Crippen molar-refractivity contribution in [1.82, 2.24) is 9.55 Å². The van der Waals surface area contributed by atoms with Crippen molar-refractivity contribution < 1.29 is 0 Å². The first-order valence-electron chi connectivity index (χ1n) is 5.58. The van der Waals surface area contributed by atoms with Gasteiger partial charge in [0.25, 0.3) is 0 Å². The summed E-state index contributed by atoms with van der Waals surface area (Å²) in [5.41, 5.74) is 3.71. The summed E-state index contributed by atoms with van der Waals surface area (Å²) < 4.78 is 2.07. The predicted molar refractivity (Wildman–Crippen MR) is 69.0 cm³/mol. The average Bonchev–Trinajstić information content (AvgIpc) is 2.54. The Kier molecular flexibility index (Phi) is 2.41. The van der Waals surface area contributed by atoms with Crippen LogP contribution < -0.4 is 5.32 Å². The number of fused-ring (bicyclic) bond motifs is 1. The highest BCUT2D eigenvalue weighted by Crippen LogP contribution is 2.26. The number of hydrogen-bond donors (Lipinski definition) is 1. The molecule has 0 radical (unpaired) electrons. The summed E-state index contributed by atoms with van der Waals surface area (Å²) in [4.78, 5) is 4.56. The number of rotatable bonds is 1. The molecule has 0 saturated heterocycles. The summed E-state index contributed by atoms with van der Waals surface area (Å²) in [6, 6.07) is 6.50. The molecule has 1 aromatic carbocycles. The zero-order valence-electron chi connectivity index (χ0n) is 10.6. The van der Waals surface area contributed by atoms with Crippen molar-refractivity contribution in [2.24, 2.45) is 7.05 Å². The molecule has 1 aromatic heterocycles. The van der Waals surface area contributed by atoms with Crippen molar-refractivity contribution >= 4 is 17.0 Å². The number of nitrogens with one attached hydrogen (secondary N) is 1. The van der Waals surface area contributed by atoms with Gasteiger partial charge in [-0.3, -0.25) is 0 Å². The second-order valence-electron chi connectivity index (χ2n) is 5.20. The molecule has 0 saturated carbocycles. The van der Waals surface area contributed by atoms with E-state index in [0.29, 0.717) is 0 Å². The third-order valence-corrected chi connectivity index (χ3v) is 2.97. The summed E-state index contributed by atoms with van der Waals surface area (Å²) >= 11 is 0. The van der Waals surface area contributed by atoms with E-state index in [1.807, 2.05) is 14.1 Å². The highest BCUT2D eigenvalue weighted by Gasteiger charge is 2.15. The zero-order chi connectivity index (χ0) is 11.9. The van der Waals surface area contributed by atoms with Gasteiger partial charge in [-0.15, -0.1) is 0 Å². The third-order valence-electron chi connectivity index (χ3n) is 2.97. The summed E-state index contributed by atoms with van der Waals surface area (Å²) in [5, 5.41) is 3.09. The van der Waals surface area contributed by atoms with Gasteiger partial charge in [0.2, 0.25) is 5.95 Å². The Morgan fingerprint density at radius 2 is 1.94 bits per heavy atom. The first-order valence-corrected chi connectivity index (χ1v) is 5.58. The van der Waals surface area contributed by atoms with Crippen molar-refractivity contribution in [2.75, 3.05) is 12.4 Å². The summed E-state index contributed by atoms with van der Waals surface area (Å²) in [5.74, 6) is 0.904. The zero-order valence-corrected chi connectivity index (χ0v) is 10.6. The number of aromatic nitrogens is 2. The maximum Gasteiger partial charge on any atom is 0.203 e. The second kappa shape index (κ2) is 3.51. The summed E-state index contributed by atoms with van der Waals surface area (Å²) in [7, 11) is 3.92. The van der Waals surface area contributed by atoms with Crippen LogP contribution in [0.5, 0.6) is 0 Å². The van der Waals surface area contributed by atoms with E-state index in [9.17, 15) is 0 Å². The second-order valence-corrected chi connectivity index (χ2v) is 5.20. The van der Waals surface area contributed by atoms with Crippen LogP contribution in [0, 0.1) is 0 Å². The minimum atomic E-state index is 0.172. The van der Waals surface area contributed by atoms with E-state index in [0.717, 1.165) is 17.0 Å². The molecule has 3 heteroatoms. The normalized spacial score (nSPS) is 12.1. The van der Waals surface area contributed by atoms with Gasteiger partial charge in [0.15, 0.2) is 0 Å². The first-order chi connectivity index (χ1) is 7.43. The SMILES string of the molecule is CNc1nc2cc(C(C)(C)C)ccc2n1C. The molecular formula is C13H19N3. The molecule has 0 bridgehead atoms. The fraction of sp³-hybridized carbons (Fsp3) is 0.462. The van der Waals surface area contributed by atoms with Crippen LogP contribution in [-0.4, -0.2) is 16.6 Å². The lowest BCUT2D eigenvalue weighted by Gasteiger charge is -2.18. The number of hydrogen-bond acceptors (Lipinski definition) is 2. The van der Waals surface area contributed by atoms with E-state index in [4.69, 9.17) is 0 Å². The lowest BCUT2D eigenvalue weighted by Crippen LogP contribution is -2.10. The Hall–Kier alpha value is -1.51. The quantitative estimate of drug-likeness (QED) is 0.796. The molecule has 3 nitrogen and oxygen atoms in total. The van der Waals surface area contributed by atoms with E-state index < -0.39 is 0 Å². The van der Waals surface area contributed by atoms with Gasteiger partial charge in [-0.2, -0.15) is 0 Å². The van der Waals surface area contributed by atoms with Crippen molar-refractivity contribution in [3.63, 3.8) is 0 Å². The average molecular weight is 217 g/mol. The predicted octanol–water partition coefficient (Wildman–Crippen LogP) is 2.91. The molecule has 86 valence electrons. The van der Waals surface area contributed by atoms with Crippen LogP contribution in [0.2, 0.25) is 0 Å². The third kappa shape index (κ3) is 1.66. The molecule has 0 atom stereocenters. The number of aryl methyl sites for hydroxylation is 1. The number of benzene rings is 1. The van der Waals surface area contributed by atoms with Gasteiger partial charge in [-0.05, 0) is 23.1 Å². The van der Waals surface area contributed by atoms with Gasteiger partial charge in [-0.25, -0.2) is 4.98 Å². The number of anilines is 1. The standard InChI is InChI=1S/C13H19N3/c1-13(2,3)9-6-7-11-10(8-9)15-12(14-4)16(11)5/h6-8H,1-5H3,(H,14,15). The van der Waals surface area contributed by atoms with Crippen LogP contribution in [0.1, 0.15) is 26.3 Å². The number of imidazole rings is 1. The minimum Gasteiger partial charge on any atom is -0.359 e. The molecule has 1 N–H and O–H groups in total. The molecule has 0 aliphatic rings. The molecule has 0 aliphatic heterocycles. The maximum atomic E-state index is 4.56. The maximum absolute atomic E-state index is 4.56.